The van der Waals surface area contributed by atoms with Crippen LogP contribution in [0.3, 0.4) is 0 Å². The second-order valence-electron chi connectivity index (χ2n) is 6.74. The van der Waals surface area contributed by atoms with E-state index in [9.17, 15) is 8.42 Å². The van der Waals surface area contributed by atoms with Crippen LogP contribution in [0.15, 0.2) is 60.0 Å². The van der Waals surface area contributed by atoms with Crippen LogP contribution in [0.4, 0.5) is 5.69 Å². The summed E-state index contributed by atoms with van der Waals surface area (Å²) in [7, 11) is -4.28. The van der Waals surface area contributed by atoms with Crippen molar-refractivity contribution in [2.45, 2.75) is 18.1 Å². The summed E-state index contributed by atoms with van der Waals surface area (Å²) >= 11 is 2.64. The molecule has 2 aromatic heterocycles. The van der Waals surface area contributed by atoms with Crippen LogP contribution < -0.4 is 8.52 Å². The van der Waals surface area contributed by atoms with Gasteiger partial charge < -0.3 is 0 Å². The summed E-state index contributed by atoms with van der Waals surface area (Å²) in [4.78, 5) is 4.93. The van der Waals surface area contributed by atoms with Crippen LogP contribution in [0, 0.1) is 6.92 Å². The topological polar surface area (TPSA) is 105 Å². The first kappa shape index (κ1) is 22.1. The molecule has 4 aromatic rings. The number of anilines is 1. The Kier molecular flexibility index (Phi) is 6.83. The number of hydrogen-bond donors (Lipinski definition) is 2. The van der Waals surface area contributed by atoms with Crippen LogP contribution >= 0.6 is 22.7 Å². The predicted octanol–water partition coefficient (Wildman–Crippen LogP) is 3.23. The summed E-state index contributed by atoms with van der Waals surface area (Å²) in [5.41, 5.74) is 3.53. The van der Waals surface area contributed by atoms with Crippen LogP contribution in [0.25, 0.3) is 10.6 Å². The molecule has 0 aliphatic rings. The van der Waals surface area contributed by atoms with E-state index in [1.54, 1.807) is 34.8 Å². The fraction of sp³-hybridized carbons (Fsp3) is 0.150. The van der Waals surface area contributed by atoms with Gasteiger partial charge in [-0.15, -0.1) is 0 Å². The number of nitrogens with zero attached hydrogens (tertiary/aromatic N) is 3. The average molecular weight is 535 g/mol. The van der Waals surface area contributed by atoms with E-state index >= 15 is 0 Å². The van der Waals surface area contributed by atoms with Gasteiger partial charge in [-0.25, -0.2) is 0 Å². The van der Waals surface area contributed by atoms with Crippen molar-refractivity contribution in [1.29, 1.82) is 0 Å². The zero-order chi connectivity index (χ0) is 21.8. The van der Waals surface area contributed by atoms with Crippen molar-refractivity contribution in [2.75, 3.05) is 4.72 Å². The second kappa shape index (κ2) is 9.58. The maximum absolute atomic E-state index is 11.0. The fourth-order valence-corrected chi connectivity index (χ4v) is 9.28. The number of hydrogen-bond acceptors (Lipinski definition) is 7. The van der Waals surface area contributed by atoms with Gasteiger partial charge >= 0.3 is 196 Å². The van der Waals surface area contributed by atoms with Gasteiger partial charge in [0.1, 0.15) is 0 Å². The molecule has 31 heavy (non-hydrogen) atoms. The second-order valence-corrected chi connectivity index (χ2v) is 13.8. The van der Waals surface area contributed by atoms with E-state index in [1.165, 1.54) is 0 Å². The standard InChI is InChI=1S/C20H19AsN4O3S3/c1-13-23-24-20(30-13)21-17(11-14-7-9-16(10-8-14)25-31(26,27)28)18-12-29-19(22-18)15-5-3-2-4-6-15/h2-10,12,17,21,25H,11H2,1H3,(H,26,27,28)/t17-/m0/s1. The molecule has 0 saturated carbocycles. The van der Waals surface area contributed by atoms with Crippen LogP contribution in [-0.2, 0) is 16.7 Å². The normalized spacial score (nSPS) is 13.0. The predicted molar refractivity (Wildman–Crippen MR) is 127 cm³/mol. The first-order valence-electron chi connectivity index (χ1n) is 9.27. The summed E-state index contributed by atoms with van der Waals surface area (Å²) in [6.45, 7) is 1.96. The molecule has 0 bridgehead atoms. The molecule has 11 heteroatoms. The first-order valence-corrected chi connectivity index (χ1v) is 14.7. The molecule has 1 unspecified atom stereocenters. The summed E-state index contributed by atoms with van der Waals surface area (Å²) in [6, 6.07) is 17.1. The molecule has 2 heterocycles. The molecule has 4 rings (SSSR count). The van der Waals surface area contributed by atoms with Gasteiger partial charge in [0.15, 0.2) is 0 Å². The molecule has 0 spiro atoms. The molecule has 2 atom stereocenters. The van der Waals surface area contributed by atoms with Crippen LogP contribution in [0.1, 0.15) is 21.0 Å². The van der Waals surface area contributed by atoms with Crippen molar-refractivity contribution in [3.05, 3.63) is 76.2 Å². The van der Waals surface area contributed by atoms with Crippen molar-refractivity contribution in [1.82, 2.24) is 15.2 Å². The molecule has 2 aromatic carbocycles. The Morgan fingerprint density at radius 3 is 2.48 bits per heavy atom. The SMILES string of the molecule is Cc1nnc([AsH][C@@H](Cc2ccc(NS(=O)(=O)O)cc2)c2csc(-c3ccccc3)n2)s1. The third-order valence-electron chi connectivity index (χ3n) is 4.36. The zero-order valence-corrected chi connectivity index (χ0v) is 20.9. The molecular weight excluding hydrogens is 515 g/mol. The zero-order valence-electron chi connectivity index (χ0n) is 16.4. The number of rotatable bonds is 8. The van der Waals surface area contributed by atoms with Crippen molar-refractivity contribution in [2.24, 2.45) is 0 Å². The van der Waals surface area contributed by atoms with Gasteiger partial charge in [0.2, 0.25) is 0 Å². The number of benzene rings is 2. The van der Waals surface area contributed by atoms with E-state index in [-0.39, 0.29) is 4.71 Å². The van der Waals surface area contributed by atoms with Crippen molar-refractivity contribution >= 4 is 58.2 Å². The molecule has 0 fully saturated rings. The monoisotopic (exact) mass is 534 g/mol. The Hall–Kier alpha value is -2.10. The Morgan fingerprint density at radius 2 is 1.84 bits per heavy atom. The number of nitrogens with one attached hydrogen (secondary N) is 1. The van der Waals surface area contributed by atoms with E-state index in [0.29, 0.717) is 5.69 Å². The number of aromatic nitrogens is 3. The van der Waals surface area contributed by atoms with Gasteiger partial charge in [0.25, 0.3) is 0 Å². The fourth-order valence-electron chi connectivity index (χ4n) is 2.99. The number of thiazole rings is 1. The third kappa shape index (κ3) is 6.21. The van der Waals surface area contributed by atoms with Gasteiger partial charge in [-0.3, -0.25) is 0 Å². The van der Waals surface area contributed by atoms with Gasteiger partial charge in [-0.1, -0.05) is 0 Å². The van der Waals surface area contributed by atoms with Crippen molar-refractivity contribution in [3.8, 4) is 10.6 Å². The average Bonchev–Trinajstić information content (AvgIpc) is 3.38. The maximum atomic E-state index is 11.0. The van der Waals surface area contributed by atoms with Gasteiger partial charge in [0.05, 0.1) is 0 Å². The molecule has 2 N–H and O–H groups in total. The van der Waals surface area contributed by atoms with E-state index < -0.39 is 26.1 Å². The Bertz CT molecular complexity index is 1260. The van der Waals surface area contributed by atoms with E-state index in [4.69, 9.17) is 9.54 Å². The van der Waals surface area contributed by atoms with Crippen LogP contribution in [-0.4, -0.2) is 43.9 Å². The number of aryl methyl sites for hydroxylation is 1. The molecule has 160 valence electrons. The quantitative estimate of drug-likeness (QED) is 0.266. The van der Waals surface area contributed by atoms with E-state index in [0.717, 1.165) is 37.1 Å². The summed E-state index contributed by atoms with van der Waals surface area (Å²) in [5, 5.41) is 12.6. The molecule has 7 nitrogen and oxygen atoms in total. The van der Waals surface area contributed by atoms with E-state index in [1.807, 2.05) is 37.3 Å². The minimum absolute atomic E-state index is 0.224. The molecule has 0 aliphatic heterocycles. The molecule has 0 aliphatic carbocycles. The first-order chi connectivity index (χ1) is 14.9. The van der Waals surface area contributed by atoms with Crippen LogP contribution in [0.5, 0.6) is 0 Å². The Labute approximate surface area is 195 Å². The molecule has 0 saturated heterocycles. The molecule has 0 radical (unpaired) electrons. The molecule has 0 amide bonds. The van der Waals surface area contributed by atoms with Gasteiger partial charge in [-0.2, -0.15) is 0 Å². The van der Waals surface area contributed by atoms with Crippen molar-refractivity contribution < 1.29 is 13.0 Å². The summed E-state index contributed by atoms with van der Waals surface area (Å²) in [5.74, 6) is 0. The molecular formula is C20H19AsN4O3S3. The van der Waals surface area contributed by atoms with Crippen molar-refractivity contribution in [3.63, 3.8) is 0 Å². The summed E-state index contributed by atoms with van der Waals surface area (Å²) in [6.07, 6.45) is 0.767. The van der Waals surface area contributed by atoms with Gasteiger partial charge in [-0.05, 0) is 0 Å². The van der Waals surface area contributed by atoms with Crippen LogP contribution in [0.2, 0.25) is 0 Å². The Balaban J connectivity index is 1.58. The van der Waals surface area contributed by atoms with E-state index in [2.05, 4.69) is 32.4 Å². The van der Waals surface area contributed by atoms with Gasteiger partial charge in [0, 0.05) is 0 Å². The minimum atomic E-state index is -4.28. The third-order valence-corrected chi connectivity index (χ3v) is 10.2. The Morgan fingerprint density at radius 1 is 1.10 bits per heavy atom. The summed E-state index contributed by atoms with van der Waals surface area (Å²) < 4.78 is 34.3.